The van der Waals surface area contributed by atoms with Gasteiger partial charge in [-0.1, -0.05) is 19.9 Å². The van der Waals surface area contributed by atoms with Gasteiger partial charge in [0.1, 0.15) is 0 Å². The van der Waals surface area contributed by atoms with Crippen LogP contribution in [0, 0.1) is 0 Å². The highest BCUT2D eigenvalue weighted by atomic mass is 16.5. The van der Waals surface area contributed by atoms with E-state index in [1.165, 1.54) is 7.11 Å². The van der Waals surface area contributed by atoms with Crippen molar-refractivity contribution in [1.29, 1.82) is 0 Å². The molecule has 7 nitrogen and oxygen atoms in total. The van der Waals surface area contributed by atoms with Crippen LogP contribution in [0.25, 0.3) is 0 Å². The molecular formula is C14H21N3O4. The van der Waals surface area contributed by atoms with Crippen LogP contribution in [-0.2, 0) is 11.3 Å². The van der Waals surface area contributed by atoms with E-state index in [1.54, 1.807) is 6.07 Å². The van der Waals surface area contributed by atoms with Crippen molar-refractivity contribution in [2.45, 2.75) is 26.4 Å². The summed E-state index contributed by atoms with van der Waals surface area (Å²) in [5.74, 6) is 0.324. The molecule has 21 heavy (non-hydrogen) atoms. The summed E-state index contributed by atoms with van der Waals surface area (Å²) < 4.78 is 10.5. The van der Waals surface area contributed by atoms with Crippen molar-refractivity contribution < 1.29 is 19.1 Å². The predicted octanol–water partition coefficient (Wildman–Crippen LogP) is 0.767. The average molecular weight is 295 g/mol. The summed E-state index contributed by atoms with van der Waals surface area (Å²) >= 11 is 0. The van der Waals surface area contributed by atoms with Crippen molar-refractivity contribution in [2.75, 3.05) is 13.7 Å². The average Bonchev–Trinajstić information content (AvgIpc) is 2.42. The van der Waals surface area contributed by atoms with Gasteiger partial charge in [0.2, 0.25) is 0 Å². The number of carbonyl (C=O) groups is 2. The second kappa shape index (κ2) is 8.11. The molecule has 0 aliphatic carbocycles. The first-order valence-corrected chi connectivity index (χ1v) is 6.54. The minimum absolute atomic E-state index is 0.317. The third kappa shape index (κ3) is 6.13. The molecule has 4 N–H and O–H groups in total. The molecule has 0 aliphatic heterocycles. The van der Waals surface area contributed by atoms with Gasteiger partial charge in [-0.05, 0) is 17.7 Å². The van der Waals surface area contributed by atoms with Crippen molar-refractivity contribution in [3.05, 3.63) is 23.8 Å². The van der Waals surface area contributed by atoms with Crippen LogP contribution in [0.4, 0.5) is 4.79 Å². The summed E-state index contributed by atoms with van der Waals surface area (Å²) in [5.41, 5.74) is 5.87. The van der Waals surface area contributed by atoms with Gasteiger partial charge in [0, 0.05) is 12.6 Å². The first-order chi connectivity index (χ1) is 9.92. The molecule has 0 aliphatic rings. The number of methoxy groups -OCH3 is 1. The molecule has 116 valence electrons. The van der Waals surface area contributed by atoms with Crippen molar-refractivity contribution in [1.82, 2.24) is 10.6 Å². The van der Waals surface area contributed by atoms with Crippen LogP contribution in [0.15, 0.2) is 18.2 Å². The highest BCUT2D eigenvalue weighted by Gasteiger charge is 2.10. The molecule has 0 aromatic heterocycles. The van der Waals surface area contributed by atoms with Gasteiger partial charge in [-0.2, -0.15) is 0 Å². The van der Waals surface area contributed by atoms with Crippen molar-refractivity contribution >= 4 is 11.9 Å². The Balaban J connectivity index is 2.66. The number of hydrogen-bond donors (Lipinski definition) is 3. The molecular weight excluding hydrogens is 274 g/mol. The zero-order valence-corrected chi connectivity index (χ0v) is 12.4. The smallest absolute Gasteiger partial charge is 0.318 e. The van der Waals surface area contributed by atoms with Crippen LogP contribution in [-0.4, -0.2) is 31.7 Å². The molecule has 0 fully saturated rings. The van der Waals surface area contributed by atoms with Crippen molar-refractivity contribution in [3.63, 3.8) is 0 Å². The van der Waals surface area contributed by atoms with Gasteiger partial charge in [-0.15, -0.1) is 0 Å². The lowest BCUT2D eigenvalue weighted by Crippen LogP contribution is -2.38. The molecule has 1 aromatic carbocycles. The number of amides is 3. The summed E-state index contributed by atoms with van der Waals surface area (Å²) in [6.07, 6.45) is 0. The monoisotopic (exact) mass is 295 g/mol. The lowest BCUT2D eigenvalue weighted by atomic mass is 10.2. The molecule has 1 rings (SSSR count). The molecule has 0 saturated heterocycles. The predicted molar refractivity (Wildman–Crippen MR) is 78.2 cm³/mol. The second-order valence-corrected chi connectivity index (χ2v) is 4.72. The number of benzene rings is 1. The van der Waals surface area contributed by atoms with E-state index in [2.05, 4.69) is 19.2 Å². The fraction of sp³-hybridized carbons (Fsp3) is 0.429. The summed E-state index contributed by atoms with van der Waals surface area (Å²) in [4.78, 5) is 21.8. The molecule has 0 spiro atoms. The Labute approximate surface area is 123 Å². The van der Waals surface area contributed by atoms with Crippen molar-refractivity contribution in [3.8, 4) is 11.5 Å². The second-order valence-electron chi connectivity index (χ2n) is 4.72. The molecule has 0 radical (unpaired) electrons. The van der Waals surface area contributed by atoms with Crippen LogP contribution >= 0.6 is 0 Å². The Morgan fingerprint density at radius 1 is 1.29 bits per heavy atom. The van der Waals surface area contributed by atoms with Crippen LogP contribution in [0.3, 0.4) is 0 Å². The molecule has 7 heteroatoms. The van der Waals surface area contributed by atoms with E-state index in [9.17, 15) is 9.59 Å². The normalized spacial score (nSPS) is 10.3. The number of rotatable bonds is 7. The summed E-state index contributed by atoms with van der Waals surface area (Å²) in [6.45, 7) is 4.51. The van der Waals surface area contributed by atoms with Gasteiger partial charge < -0.3 is 20.5 Å². The zero-order chi connectivity index (χ0) is 15.8. The topological polar surface area (TPSA) is 103 Å². The summed E-state index contributed by atoms with van der Waals surface area (Å²) in [7, 11) is 1.52. The fourth-order valence-corrected chi connectivity index (χ4v) is 1.58. The van der Waals surface area contributed by atoms with Crippen LogP contribution in [0.1, 0.15) is 19.4 Å². The lowest BCUT2D eigenvalue weighted by Gasteiger charge is -2.13. The number of imide groups is 1. The van der Waals surface area contributed by atoms with Crippen LogP contribution < -0.4 is 25.8 Å². The molecule has 1 aromatic rings. The lowest BCUT2D eigenvalue weighted by molar-refractivity contribution is -0.121. The van der Waals surface area contributed by atoms with E-state index in [-0.39, 0.29) is 6.61 Å². The van der Waals surface area contributed by atoms with Crippen LogP contribution in [0.5, 0.6) is 11.5 Å². The maximum Gasteiger partial charge on any atom is 0.318 e. The molecule has 0 heterocycles. The first kappa shape index (κ1) is 16.8. The number of ether oxygens (including phenoxy) is 2. The van der Waals surface area contributed by atoms with Gasteiger partial charge in [-0.25, -0.2) is 4.79 Å². The van der Waals surface area contributed by atoms with E-state index in [0.29, 0.717) is 24.1 Å². The quantitative estimate of drug-likeness (QED) is 0.689. The minimum Gasteiger partial charge on any atom is -0.493 e. The highest BCUT2D eigenvalue weighted by Crippen LogP contribution is 2.28. The Kier molecular flexibility index (Phi) is 6.48. The third-order valence-electron chi connectivity index (χ3n) is 2.56. The first-order valence-electron chi connectivity index (χ1n) is 6.54. The standard InChI is InChI=1S/C14H21N3O4/c1-9(2)16-7-10-4-5-11(12(6-10)20-3)21-8-13(18)17-14(15)19/h4-6,9,16H,7-8H2,1-3H3,(H3,15,17,18,19). The largest absolute Gasteiger partial charge is 0.493 e. The Morgan fingerprint density at radius 3 is 2.57 bits per heavy atom. The zero-order valence-electron chi connectivity index (χ0n) is 12.4. The van der Waals surface area contributed by atoms with Gasteiger partial charge >= 0.3 is 6.03 Å². The van der Waals surface area contributed by atoms with E-state index >= 15 is 0 Å². The number of carbonyl (C=O) groups excluding carboxylic acids is 2. The number of primary amides is 1. The van der Waals surface area contributed by atoms with Crippen molar-refractivity contribution in [2.24, 2.45) is 5.73 Å². The molecule has 0 saturated carbocycles. The van der Waals surface area contributed by atoms with Gasteiger partial charge in [-0.3, -0.25) is 10.1 Å². The highest BCUT2D eigenvalue weighted by molar-refractivity contribution is 5.94. The van der Waals surface area contributed by atoms with Crippen LogP contribution in [0.2, 0.25) is 0 Å². The summed E-state index contributed by atoms with van der Waals surface area (Å²) in [5, 5.41) is 5.21. The number of nitrogens with one attached hydrogen (secondary N) is 2. The molecule has 0 atom stereocenters. The van der Waals surface area contributed by atoms with E-state index in [1.807, 2.05) is 17.4 Å². The molecule has 3 amide bonds. The number of hydrogen-bond acceptors (Lipinski definition) is 5. The minimum atomic E-state index is -0.911. The number of nitrogens with two attached hydrogens (primary N) is 1. The van der Waals surface area contributed by atoms with Gasteiger partial charge in [0.15, 0.2) is 18.1 Å². The molecule has 0 unspecified atom stereocenters. The maximum atomic E-state index is 11.3. The Morgan fingerprint density at radius 2 is 2.00 bits per heavy atom. The fourth-order valence-electron chi connectivity index (χ4n) is 1.58. The van der Waals surface area contributed by atoms with E-state index < -0.39 is 11.9 Å². The third-order valence-corrected chi connectivity index (χ3v) is 2.56. The van der Waals surface area contributed by atoms with Gasteiger partial charge in [0.25, 0.3) is 5.91 Å². The SMILES string of the molecule is COc1cc(CNC(C)C)ccc1OCC(=O)NC(N)=O. The Hall–Kier alpha value is -2.28. The molecule has 0 bridgehead atoms. The van der Waals surface area contributed by atoms with Gasteiger partial charge in [0.05, 0.1) is 7.11 Å². The van der Waals surface area contributed by atoms with E-state index in [0.717, 1.165) is 5.56 Å². The summed E-state index contributed by atoms with van der Waals surface area (Å²) in [6, 6.07) is 4.89. The number of urea groups is 1. The van der Waals surface area contributed by atoms with E-state index in [4.69, 9.17) is 15.2 Å². The Bertz CT molecular complexity index is 503. The maximum absolute atomic E-state index is 11.3.